The van der Waals surface area contributed by atoms with Gasteiger partial charge in [-0.3, -0.25) is 9.59 Å². The maximum atomic E-state index is 12.4. The highest BCUT2D eigenvalue weighted by molar-refractivity contribution is 6.31. The molecule has 2 rings (SSSR count). The Balaban J connectivity index is 2.20. The first kappa shape index (κ1) is 17.0. The monoisotopic (exact) mass is 330 g/mol. The van der Waals surface area contributed by atoms with Crippen molar-refractivity contribution in [1.82, 2.24) is 5.32 Å². The number of anilines is 1. The van der Waals surface area contributed by atoms with Crippen LogP contribution in [0.1, 0.15) is 40.1 Å². The Labute approximate surface area is 140 Å². The lowest BCUT2D eigenvalue weighted by molar-refractivity contribution is 0.0943. The van der Waals surface area contributed by atoms with Gasteiger partial charge in [0, 0.05) is 27.9 Å². The number of rotatable bonds is 4. The first-order valence-electron chi connectivity index (χ1n) is 7.36. The average Bonchev–Trinajstić information content (AvgIpc) is 2.51. The highest BCUT2D eigenvalue weighted by atomic mass is 35.5. The number of benzene rings is 2. The van der Waals surface area contributed by atoms with E-state index in [1.54, 1.807) is 42.5 Å². The largest absolute Gasteiger partial charge is 0.350 e. The number of carbonyl (C=O) groups excluding carboxylic acids is 2. The maximum absolute atomic E-state index is 12.4. The molecular weight excluding hydrogens is 312 g/mol. The molecule has 0 aliphatic rings. The Morgan fingerprint density at radius 3 is 2.26 bits per heavy atom. The second-order valence-corrected chi connectivity index (χ2v) is 5.98. The van der Waals surface area contributed by atoms with Gasteiger partial charge in [-0.15, -0.1) is 0 Å². The van der Waals surface area contributed by atoms with Crippen LogP contribution in [0.15, 0.2) is 42.5 Å². The molecule has 0 aliphatic heterocycles. The fraction of sp³-hybridized carbons (Fsp3) is 0.222. The molecule has 0 aliphatic carbocycles. The molecule has 0 fully saturated rings. The third-order valence-electron chi connectivity index (χ3n) is 3.32. The second kappa shape index (κ2) is 7.29. The van der Waals surface area contributed by atoms with Crippen LogP contribution in [-0.2, 0) is 0 Å². The standard InChI is InChI=1S/C18H19ClN2O2/c1-11(2)20-17(22)13-6-4-7-14(10-13)18(23)21-16-9-5-8-15(19)12(16)3/h4-11H,1-3H3,(H,20,22)(H,21,23). The van der Waals surface area contributed by atoms with Crippen molar-refractivity contribution in [2.24, 2.45) is 0 Å². The van der Waals surface area contributed by atoms with Gasteiger partial charge in [0.15, 0.2) is 0 Å². The maximum Gasteiger partial charge on any atom is 0.255 e. The van der Waals surface area contributed by atoms with Crippen LogP contribution in [0.2, 0.25) is 5.02 Å². The Morgan fingerprint density at radius 2 is 1.61 bits per heavy atom. The van der Waals surface area contributed by atoms with Crippen LogP contribution in [-0.4, -0.2) is 17.9 Å². The summed E-state index contributed by atoms with van der Waals surface area (Å²) in [7, 11) is 0. The molecule has 0 radical (unpaired) electrons. The van der Waals surface area contributed by atoms with E-state index in [0.717, 1.165) is 5.56 Å². The smallest absolute Gasteiger partial charge is 0.255 e. The minimum atomic E-state index is -0.283. The SMILES string of the molecule is Cc1c(Cl)cccc1NC(=O)c1cccc(C(=O)NC(C)C)c1. The van der Waals surface area contributed by atoms with Crippen LogP contribution in [0, 0.1) is 6.92 Å². The molecule has 0 heterocycles. The van der Waals surface area contributed by atoms with E-state index in [9.17, 15) is 9.59 Å². The van der Waals surface area contributed by atoms with Crippen LogP contribution in [0.3, 0.4) is 0 Å². The van der Waals surface area contributed by atoms with E-state index in [1.165, 1.54) is 0 Å². The Bertz CT molecular complexity index is 742. The van der Waals surface area contributed by atoms with Gasteiger partial charge in [0.25, 0.3) is 11.8 Å². The molecular formula is C18H19ClN2O2. The Morgan fingerprint density at radius 1 is 1.00 bits per heavy atom. The van der Waals surface area contributed by atoms with Gasteiger partial charge in [0.1, 0.15) is 0 Å². The number of halogens is 1. The van der Waals surface area contributed by atoms with E-state index >= 15 is 0 Å². The van der Waals surface area contributed by atoms with Gasteiger partial charge in [-0.2, -0.15) is 0 Å². The van der Waals surface area contributed by atoms with Crippen LogP contribution < -0.4 is 10.6 Å². The fourth-order valence-electron chi connectivity index (χ4n) is 2.08. The van der Waals surface area contributed by atoms with Crippen molar-refractivity contribution in [3.63, 3.8) is 0 Å². The van der Waals surface area contributed by atoms with Gasteiger partial charge < -0.3 is 10.6 Å². The third kappa shape index (κ3) is 4.33. The molecule has 23 heavy (non-hydrogen) atoms. The predicted octanol–water partition coefficient (Wildman–Crippen LogP) is 4.04. The number of amides is 2. The molecule has 0 bridgehead atoms. The summed E-state index contributed by atoms with van der Waals surface area (Å²) in [6.45, 7) is 5.61. The molecule has 0 unspecified atom stereocenters. The summed E-state index contributed by atoms with van der Waals surface area (Å²) in [5, 5.41) is 6.21. The second-order valence-electron chi connectivity index (χ2n) is 5.58. The fourth-order valence-corrected chi connectivity index (χ4v) is 2.26. The van der Waals surface area contributed by atoms with Gasteiger partial charge in [0.05, 0.1) is 0 Å². The lowest BCUT2D eigenvalue weighted by Crippen LogP contribution is -2.30. The van der Waals surface area contributed by atoms with E-state index in [0.29, 0.717) is 21.8 Å². The van der Waals surface area contributed by atoms with Crippen LogP contribution in [0.5, 0.6) is 0 Å². The van der Waals surface area contributed by atoms with Crippen molar-refractivity contribution in [2.75, 3.05) is 5.32 Å². The highest BCUT2D eigenvalue weighted by Crippen LogP contribution is 2.23. The molecule has 0 aromatic heterocycles. The predicted molar refractivity (Wildman–Crippen MR) is 93.2 cm³/mol. The lowest BCUT2D eigenvalue weighted by Gasteiger charge is -2.11. The molecule has 2 amide bonds. The van der Waals surface area contributed by atoms with Gasteiger partial charge in [-0.25, -0.2) is 0 Å². The Hall–Kier alpha value is -2.33. The zero-order chi connectivity index (χ0) is 17.0. The van der Waals surface area contributed by atoms with E-state index in [4.69, 9.17) is 11.6 Å². The molecule has 0 saturated heterocycles. The minimum absolute atomic E-state index is 0.0362. The number of nitrogens with one attached hydrogen (secondary N) is 2. The van der Waals surface area contributed by atoms with Crippen molar-refractivity contribution in [3.05, 3.63) is 64.2 Å². The van der Waals surface area contributed by atoms with Crippen LogP contribution in [0.4, 0.5) is 5.69 Å². The zero-order valence-electron chi connectivity index (χ0n) is 13.3. The van der Waals surface area contributed by atoms with Crippen molar-refractivity contribution in [2.45, 2.75) is 26.8 Å². The summed E-state index contributed by atoms with van der Waals surface area (Å²) in [4.78, 5) is 24.4. The molecule has 5 heteroatoms. The summed E-state index contributed by atoms with van der Waals surface area (Å²) >= 11 is 6.05. The van der Waals surface area contributed by atoms with Crippen molar-refractivity contribution in [3.8, 4) is 0 Å². The van der Waals surface area contributed by atoms with E-state index in [2.05, 4.69) is 10.6 Å². The summed E-state index contributed by atoms with van der Waals surface area (Å²) < 4.78 is 0. The van der Waals surface area contributed by atoms with Crippen LogP contribution in [0.25, 0.3) is 0 Å². The van der Waals surface area contributed by atoms with Gasteiger partial charge in [-0.05, 0) is 56.7 Å². The molecule has 4 nitrogen and oxygen atoms in total. The molecule has 2 aromatic rings. The summed E-state index contributed by atoms with van der Waals surface area (Å²) in [5.74, 6) is -0.483. The minimum Gasteiger partial charge on any atom is -0.350 e. The van der Waals surface area contributed by atoms with Gasteiger partial charge >= 0.3 is 0 Å². The molecule has 0 saturated carbocycles. The first-order valence-corrected chi connectivity index (χ1v) is 7.73. The first-order chi connectivity index (χ1) is 10.9. The molecule has 0 atom stereocenters. The summed E-state index contributed by atoms with van der Waals surface area (Å²) in [6.07, 6.45) is 0. The number of hydrogen-bond acceptors (Lipinski definition) is 2. The molecule has 0 spiro atoms. The molecule has 2 N–H and O–H groups in total. The number of hydrogen-bond donors (Lipinski definition) is 2. The number of carbonyl (C=O) groups is 2. The quantitative estimate of drug-likeness (QED) is 0.888. The topological polar surface area (TPSA) is 58.2 Å². The van der Waals surface area contributed by atoms with Gasteiger partial charge in [-0.1, -0.05) is 23.7 Å². The normalized spacial score (nSPS) is 10.5. The molecule has 120 valence electrons. The van der Waals surface area contributed by atoms with Gasteiger partial charge in [0.2, 0.25) is 0 Å². The van der Waals surface area contributed by atoms with Crippen molar-refractivity contribution in [1.29, 1.82) is 0 Å². The van der Waals surface area contributed by atoms with E-state index in [1.807, 2.05) is 20.8 Å². The third-order valence-corrected chi connectivity index (χ3v) is 3.73. The summed E-state index contributed by atoms with van der Waals surface area (Å²) in [5.41, 5.74) is 2.32. The highest BCUT2D eigenvalue weighted by Gasteiger charge is 2.12. The van der Waals surface area contributed by atoms with Crippen molar-refractivity contribution >= 4 is 29.1 Å². The Kier molecular flexibility index (Phi) is 5.40. The van der Waals surface area contributed by atoms with Crippen LogP contribution >= 0.6 is 11.6 Å². The van der Waals surface area contributed by atoms with E-state index in [-0.39, 0.29) is 17.9 Å². The van der Waals surface area contributed by atoms with E-state index < -0.39 is 0 Å². The molecule has 2 aromatic carbocycles. The lowest BCUT2D eigenvalue weighted by atomic mass is 10.1. The van der Waals surface area contributed by atoms with Crippen molar-refractivity contribution < 1.29 is 9.59 Å². The zero-order valence-corrected chi connectivity index (χ0v) is 14.1. The summed E-state index contributed by atoms with van der Waals surface area (Å²) in [6, 6.07) is 12.0. The average molecular weight is 331 g/mol.